The third kappa shape index (κ3) is 3.23. The largest absolute Gasteiger partial charge is 0.481 e. The van der Waals surface area contributed by atoms with Gasteiger partial charge in [-0.2, -0.15) is 0 Å². The van der Waals surface area contributed by atoms with Crippen molar-refractivity contribution in [1.82, 2.24) is 10.2 Å². The number of carboxylic acid groups (broad SMARTS) is 1. The van der Waals surface area contributed by atoms with Gasteiger partial charge in [-0.15, -0.1) is 0 Å². The van der Waals surface area contributed by atoms with Gasteiger partial charge in [-0.1, -0.05) is 0 Å². The summed E-state index contributed by atoms with van der Waals surface area (Å²) in [4.78, 5) is 24.9. The number of likely N-dealkylation sites (tertiary alicyclic amines) is 1. The highest BCUT2D eigenvalue weighted by Crippen LogP contribution is 2.31. The molecule has 1 saturated carbocycles. The Hall–Kier alpha value is -1.30. The number of hydrogen-bond donors (Lipinski definition) is 2. The normalized spacial score (nSPS) is 28.6. The molecule has 0 spiro atoms. The number of nitrogens with one attached hydrogen (secondary N) is 1. The molecule has 0 radical (unpaired) electrons. The minimum Gasteiger partial charge on any atom is -0.481 e. The molecule has 0 bridgehead atoms. The summed E-state index contributed by atoms with van der Waals surface area (Å²) in [5.41, 5.74) is -0.687. The summed E-state index contributed by atoms with van der Waals surface area (Å²) in [5, 5.41) is 12.2. The first-order valence-electron chi connectivity index (χ1n) is 7.35. The number of aliphatic carboxylic acids is 1. The van der Waals surface area contributed by atoms with Gasteiger partial charge in [0, 0.05) is 25.7 Å². The van der Waals surface area contributed by atoms with Crippen LogP contribution in [-0.2, 0) is 9.53 Å². The number of urea groups is 1. The van der Waals surface area contributed by atoms with E-state index in [0.717, 1.165) is 12.8 Å². The van der Waals surface area contributed by atoms with Crippen molar-refractivity contribution in [3.8, 4) is 0 Å². The second-order valence-corrected chi connectivity index (χ2v) is 6.05. The van der Waals surface area contributed by atoms with Crippen LogP contribution in [0.1, 0.15) is 39.5 Å². The predicted molar refractivity (Wildman–Crippen MR) is 73.5 cm³/mol. The van der Waals surface area contributed by atoms with Crippen LogP contribution in [0.5, 0.6) is 0 Å². The van der Waals surface area contributed by atoms with Gasteiger partial charge < -0.3 is 20.1 Å². The molecule has 114 valence electrons. The van der Waals surface area contributed by atoms with E-state index in [0.29, 0.717) is 32.5 Å². The summed E-state index contributed by atoms with van der Waals surface area (Å²) in [6.45, 7) is 5.46. The monoisotopic (exact) mass is 284 g/mol. The van der Waals surface area contributed by atoms with E-state index in [1.807, 2.05) is 6.92 Å². The van der Waals surface area contributed by atoms with Crippen molar-refractivity contribution in [2.75, 3.05) is 19.7 Å². The number of carbonyl (C=O) groups excluding carboxylic acids is 1. The fraction of sp³-hybridized carbons (Fsp3) is 0.857. The number of rotatable bonds is 4. The lowest BCUT2D eigenvalue weighted by atomic mass is 9.80. The quantitative estimate of drug-likeness (QED) is 0.819. The van der Waals surface area contributed by atoms with Crippen LogP contribution in [0.15, 0.2) is 0 Å². The summed E-state index contributed by atoms with van der Waals surface area (Å²) in [6.07, 6.45) is 3.06. The van der Waals surface area contributed by atoms with Gasteiger partial charge >= 0.3 is 12.0 Å². The maximum Gasteiger partial charge on any atom is 0.317 e. The molecule has 0 aromatic rings. The molecule has 2 amide bonds. The van der Waals surface area contributed by atoms with Crippen LogP contribution in [0.3, 0.4) is 0 Å². The Bertz CT molecular complexity index is 371. The number of nitrogens with zero attached hydrogens (tertiary/aromatic N) is 1. The van der Waals surface area contributed by atoms with E-state index < -0.39 is 11.4 Å². The molecule has 20 heavy (non-hydrogen) atoms. The third-order valence-corrected chi connectivity index (χ3v) is 4.50. The van der Waals surface area contributed by atoms with Crippen LogP contribution in [-0.4, -0.2) is 53.8 Å². The lowest BCUT2D eigenvalue weighted by Gasteiger charge is -2.40. The molecule has 2 aliphatic rings. The summed E-state index contributed by atoms with van der Waals surface area (Å²) in [6, 6.07) is 0.129. The zero-order valence-electron chi connectivity index (χ0n) is 12.2. The third-order valence-electron chi connectivity index (χ3n) is 4.50. The average Bonchev–Trinajstić information content (AvgIpc) is 2.37. The maximum absolute atomic E-state index is 12.1. The van der Waals surface area contributed by atoms with E-state index >= 15 is 0 Å². The van der Waals surface area contributed by atoms with Crippen LogP contribution < -0.4 is 5.32 Å². The smallest absolute Gasteiger partial charge is 0.317 e. The Morgan fingerprint density at radius 2 is 1.95 bits per heavy atom. The second-order valence-electron chi connectivity index (χ2n) is 6.05. The van der Waals surface area contributed by atoms with Gasteiger partial charge in [-0.25, -0.2) is 4.79 Å². The fourth-order valence-corrected chi connectivity index (χ4v) is 2.74. The van der Waals surface area contributed by atoms with Crippen LogP contribution in [0, 0.1) is 5.41 Å². The van der Waals surface area contributed by atoms with Crippen LogP contribution in [0.2, 0.25) is 0 Å². The Balaban J connectivity index is 1.72. The number of ether oxygens (including phenoxy) is 1. The molecular formula is C14H24N2O4. The SMILES string of the molecule is CCOC1CC(NC(=O)N2CCC(C)(C(=O)O)CC2)C1. The standard InChI is InChI=1S/C14H24N2O4/c1-3-20-11-8-10(9-11)15-13(19)16-6-4-14(2,5-7-16)12(17)18/h10-11H,3-9H2,1-2H3,(H,15,19)(H,17,18). The summed E-state index contributed by atoms with van der Waals surface area (Å²) < 4.78 is 5.46. The van der Waals surface area contributed by atoms with E-state index in [9.17, 15) is 9.59 Å². The maximum atomic E-state index is 12.1. The highest BCUT2D eigenvalue weighted by molar-refractivity contribution is 5.77. The topological polar surface area (TPSA) is 78.9 Å². The number of amides is 2. The second kappa shape index (κ2) is 5.99. The van der Waals surface area contributed by atoms with Gasteiger partial charge in [0.2, 0.25) is 0 Å². The number of hydrogen-bond acceptors (Lipinski definition) is 3. The van der Waals surface area contributed by atoms with Crippen molar-refractivity contribution in [2.45, 2.75) is 51.7 Å². The highest BCUT2D eigenvalue weighted by Gasteiger charge is 2.39. The minimum absolute atomic E-state index is 0.0719. The Morgan fingerprint density at radius 3 is 2.45 bits per heavy atom. The molecule has 0 aromatic carbocycles. The van der Waals surface area contributed by atoms with Crippen LogP contribution in [0.4, 0.5) is 4.79 Å². The zero-order valence-corrected chi connectivity index (χ0v) is 12.2. The van der Waals surface area contributed by atoms with Crippen molar-refractivity contribution in [2.24, 2.45) is 5.41 Å². The van der Waals surface area contributed by atoms with Gasteiger partial charge in [0.1, 0.15) is 0 Å². The summed E-state index contributed by atoms with van der Waals surface area (Å²) in [7, 11) is 0. The van der Waals surface area contributed by atoms with E-state index in [1.54, 1.807) is 11.8 Å². The molecule has 0 aromatic heterocycles. The molecule has 0 unspecified atom stereocenters. The molecule has 2 fully saturated rings. The lowest BCUT2D eigenvalue weighted by molar-refractivity contribution is -0.150. The van der Waals surface area contributed by atoms with Crippen LogP contribution in [0.25, 0.3) is 0 Å². The van der Waals surface area contributed by atoms with E-state index in [-0.39, 0.29) is 18.2 Å². The molecule has 6 heteroatoms. The molecule has 1 aliphatic heterocycles. The van der Waals surface area contributed by atoms with E-state index in [2.05, 4.69) is 5.32 Å². The molecular weight excluding hydrogens is 260 g/mol. The van der Waals surface area contributed by atoms with Crippen molar-refractivity contribution < 1.29 is 19.4 Å². The Kier molecular flexibility index (Phi) is 4.52. The van der Waals surface area contributed by atoms with Gasteiger partial charge in [-0.05, 0) is 39.5 Å². The highest BCUT2D eigenvalue weighted by atomic mass is 16.5. The van der Waals surface area contributed by atoms with Crippen molar-refractivity contribution in [3.05, 3.63) is 0 Å². The number of piperidine rings is 1. The fourth-order valence-electron chi connectivity index (χ4n) is 2.74. The van der Waals surface area contributed by atoms with Crippen molar-refractivity contribution in [3.63, 3.8) is 0 Å². The number of carboxylic acids is 1. The molecule has 1 aliphatic carbocycles. The van der Waals surface area contributed by atoms with Crippen LogP contribution >= 0.6 is 0 Å². The molecule has 2 rings (SSSR count). The van der Waals surface area contributed by atoms with Gasteiger partial charge in [0.05, 0.1) is 11.5 Å². The molecule has 1 heterocycles. The molecule has 2 N–H and O–H groups in total. The summed E-state index contributed by atoms with van der Waals surface area (Å²) in [5.74, 6) is -0.767. The Labute approximate surface area is 119 Å². The minimum atomic E-state index is -0.767. The summed E-state index contributed by atoms with van der Waals surface area (Å²) >= 11 is 0. The molecule has 6 nitrogen and oxygen atoms in total. The van der Waals surface area contributed by atoms with Gasteiger partial charge in [0.15, 0.2) is 0 Å². The van der Waals surface area contributed by atoms with Gasteiger partial charge in [-0.3, -0.25) is 4.79 Å². The Morgan fingerprint density at radius 1 is 1.35 bits per heavy atom. The molecule has 1 saturated heterocycles. The van der Waals surface area contributed by atoms with E-state index in [1.165, 1.54) is 0 Å². The first-order valence-corrected chi connectivity index (χ1v) is 7.35. The van der Waals surface area contributed by atoms with Crippen molar-refractivity contribution >= 4 is 12.0 Å². The molecule has 0 atom stereocenters. The van der Waals surface area contributed by atoms with Crippen molar-refractivity contribution in [1.29, 1.82) is 0 Å². The average molecular weight is 284 g/mol. The first-order chi connectivity index (χ1) is 9.44. The zero-order chi connectivity index (χ0) is 14.8. The van der Waals surface area contributed by atoms with E-state index in [4.69, 9.17) is 9.84 Å². The lowest BCUT2D eigenvalue weighted by Crippen LogP contribution is -2.54. The first kappa shape index (κ1) is 15.1. The number of carbonyl (C=O) groups is 2. The van der Waals surface area contributed by atoms with Gasteiger partial charge in [0.25, 0.3) is 0 Å². The predicted octanol–water partition coefficient (Wildman–Crippen LogP) is 1.45.